The SMILES string of the molecule is CC(C)=CCC/C(C)=C/CC/C(C)=C/C[N+](C)(C)CCCCC(=O)[O-]. The monoisotopic (exact) mass is 349 g/mol. The zero-order valence-corrected chi connectivity index (χ0v) is 17.4. The van der Waals surface area contributed by atoms with Gasteiger partial charge in [0.15, 0.2) is 0 Å². The third-order valence-electron chi connectivity index (χ3n) is 4.45. The van der Waals surface area contributed by atoms with Gasteiger partial charge >= 0.3 is 0 Å². The molecule has 0 aliphatic rings. The third-order valence-corrected chi connectivity index (χ3v) is 4.45. The van der Waals surface area contributed by atoms with Crippen molar-refractivity contribution in [3.8, 4) is 0 Å². The lowest BCUT2D eigenvalue weighted by molar-refractivity contribution is -0.884. The van der Waals surface area contributed by atoms with Gasteiger partial charge < -0.3 is 14.4 Å². The molecule has 0 amide bonds. The predicted octanol–water partition coefficient (Wildman–Crippen LogP) is 4.40. The van der Waals surface area contributed by atoms with Crippen LogP contribution in [-0.2, 0) is 4.79 Å². The Kier molecular flexibility index (Phi) is 12.2. The van der Waals surface area contributed by atoms with Crippen molar-refractivity contribution in [2.24, 2.45) is 0 Å². The molecule has 0 aromatic carbocycles. The minimum Gasteiger partial charge on any atom is -0.550 e. The Hall–Kier alpha value is -1.35. The molecule has 0 unspecified atom stereocenters. The van der Waals surface area contributed by atoms with Crippen molar-refractivity contribution in [3.05, 3.63) is 34.9 Å². The number of hydrogen-bond donors (Lipinski definition) is 0. The van der Waals surface area contributed by atoms with Crippen LogP contribution in [0.4, 0.5) is 0 Å². The number of unbranched alkanes of at least 4 members (excludes halogenated alkanes) is 1. The normalized spacial score (nSPS) is 13.0. The number of aliphatic carboxylic acids is 1. The van der Waals surface area contributed by atoms with Crippen molar-refractivity contribution in [2.45, 2.75) is 72.6 Å². The highest BCUT2D eigenvalue weighted by Crippen LogP contribution is 2.12. The van der Waals surface area contributed by atoms with Crippen LogP contribution in [0.25, 0.3) is 0 Å². The highest BCUT2D eigenvalue weighted by Gasteiger charge is 2.12. The Morgan fingerprint density at radius 1 is 0.840 bits per heavy atom. The average molecular weight is 350 g/mol. The maximum atomic E-state index is 10.4. The Morgan fingerprint density at radius 2 is 1.40 bits per heavy atom. The molecule has 0 saturated heterocycles. The first-order valence-corrected chi connectivity index (χ1v) is 9.59. The van der Waals surface area contributed by atoms with Gasteiger partial charge in [0.2, 0.25) is 0 Å². The first kappa shape index (κ1) is 23.6. The fraction of sp³-hybridized carbons (Fsp3) is 0.682. The van der Waals surface area contributed by atoms with E-state index in [0.717, 1.165) is 49.7 Å². The summed E-state index contributed by atoms with van der Waals surface area (Å²) in [5.41, 5.74) is 4.32. The van der Waals surface area contributed by atoms with Gasteiger partial charge in [0.25, 0.3) is 0 Å². The van der Waals surface area contributed by atoms with Crippen LogP contribution >= 0.6 is 0 Å². The molecule has 0 saturated carbocycles. The maximum Gasteiger partial charge on any atom is 0.0972 e. The van der Waals surface area contributed by atoms with Crippen molar-refractivity contribution in [3.63, 3.8) is 0 Å². The molecule has 3 nitrogen and oxygen atoms in total. The van der Waals surface area contributed by atoms with Gasteiger partial charge in [-0.3, -0.25) is 0 Å². The highest BCUT2D eigenvalue weighted by molar-refractivity contribution is 5.64. The maximum absolute atomic E-state index is 10.4. The lowest BCUT2D eigenvalue weighted by Gasteiger charge is -2.29. The van der Waals surface area contributed by atoms with Crippen LogP contribution in [0.15, 0.2) is 34.9 Å². The number of allylic oxidation sites excluding steroid dienone is 5. The summed E-state index contributed by atoms with van der Waals surface area (Å²) in [7, 11) is 4.41. The largest absolute Gasteiger partial charge is 0.550 e. The summed E-state index contributed by atoms with van der Waals surface area (Å²) in [5.74, 6) is -0.940. The van der Waals surface area contributed by atoms with Crippen LogP contribution in [0.5, 0.6) is 0 Å². The van der Waals surface area contributed by atoms with E-state index in [9.17, 15) is 9.90 Å². The molecule has 0 aliphatic carbocycles. The van der Waals surface area contributed by atoms with Crippen LogP contribution in [0.3, 0.4) is 0 Å². The lowest BCUT2D eigenvalue weighted by atomic mass is 10.1. The van der Waals surface area contributed by atoms with Crippen LogP contribution in [0, 0.1) is 0 Å². The second kappa shape index (κ2) is 12.9. The molecule has 0 fully saturated rings. The van der Waals surface area contributed by atoms with Gasteiger partial charge in [-0.2, -0.15) is 0 Å². The minimum absolute atomic E-state index is 0.175. The van der Waals surface area contributed by atoms with E-state index in [4.69, 9.17) is 0 Å². The molecule has 0 aromatic rings. The van der Waals surface area contributed by atoms with Crippen molar-refractivity contribution < 1.29 is 14.4 Å². The second-order valence-corrected chi connectivity index (χ2v) is 8.13. The minimum atomic E-state index is -0.940. The standard InChI is InChI=1S/C22H39NO2/c1-19(2)11-9-12-20(3)13-10-14-21(4)16-18-23(5,6)17-8-7-15-22(24)25/h11,13,16H,7-10,12,14-15,17-18H2,1-6H3/b20-13+,21-16+. The van der Waals surface area contributed by atoms with Gasteiger partial charge in [0.1, 0.15) is 0 Å². The summed E-state index contributed by atoms with van der Waals surface area (Å²) in [6, 6.07) is 0. The Labute approximate surface area is 155 Å². The van der Waals surface area contributed by atoms with Crippen molar-refractivity contribution in [1.82, 2.24) is 0 Å². The average Bonchev–Trinajstić information content (AvgIpc) is 2.49. The highest BCUT2D eigenvalue weighted by atomic mass is 16.4. The van der Waals surface area contributed by atoms with E-state index in [1.807, 2.05) is 0 Å². The Bertz CT molecular complexity index is 480. The van der Waals surface area contributed by atoms with Crippen LogP contribution in [0.1, 0.15) is 72.6 Å². The summed E-state index contributed by atoms with van der Waals surface area (Å²) >= 11 is 0. The van der Waals surface area contributed by atoms with Crippen molar-refractivity contribution in [2.75, 3.05) is 27.2 Å². The van der Waals surface area contributed by atoms with Gasteiger partial charge in [0.05, 0.1) is 27.2 Å². The molecule has 0 aliphatic heterocycles. The van der Waals surface area contributed by atoms with Gasteiger partial charge in [-0.25, -0.2) is 0 Å². The number of carbonyl (C=O) groups excluding carboxylic acids is 1. The third kappa shape index (κ3) is 15.9. The molecule has 25 heavy (non-hydrogen) atoms. The fourth-order valence-electron chi connectivity index (χ4n) is 2.64. The summed E-state index contributed by atoms with van der Waals surface area (Å²) in [6.45, 7) is 10.7. The van der Waals surface area contributed by atoms with E-state index >= 15 is 0 Å². The Balaban J connectivity index is 4.09. The number of likely N-dealkylation sites (N-methyl/N-ethyl adjacent to an activating group) is 1. The smallest absolute Gasteiger partial charge is 0.0972 e. The number of carboxylic acid groups (broad SMARTS) is 1. The molecule has 144 valence electrons. The van der Waals surface area contributed by atoms with Gasteiger partial charge in [-0.15, -0.1) is 0 Å². The summed E-state index contributed by atoms with van der Waals surface area (Å²) in [5, 5.41) is 10.4. The van der Waals surface area contributed by atoms with Crippen LogP contribution in [0.2, 0.25) is 0 Å². The number of carbonyl (C=O) groups is 1. The predicted molar refractivity (Wildman–Crippen MR) is 106 cm³/mol. The number of rotatable bonds is 13. The molecule has 0 heterocycles. The molecule has 3 heteroatoms. The molecule has 0 N–H and O–H groups in total. The molecule has 0 aromatic heterocycles. The van der Waals surface area contributed by atoms with Crippen molar-refractivity contribution >= 4 is 5.97 Å². The first-order valence-electron chi connectivity index (χ1n) is 9.59. The Morgan fingerprint density at radius 3 is 1.96 bits per heavy atom. The number of hydrogen-bond acceptors (Lipinski definition) is 2. The zero-order chi connectivity index (χ0) is 19.3. The van der Waals surface area contributed by atoms with E-state index < -0.39 is 5.97 Å². The number of carboxylic acids is 1. The van der Waals surface area contributed by atoms with Crippen LogP contribution < -0.4 is 5.11 Å². The summed E-state index contributed by atoms with van der Waals surface area (Å²) < 4.78 is 0.905. The van der Waals surface area contributed by atoms with Gasteiger partial charge in [-0.1, -0.05) is 28.9 Å². The van der Waals surface area contributed by atoms with E-state index in [1.54, 1.807) is 0 Å². The van der Waals surface area contributed by atoms with E-state index in [-0.39, 0.29) is 6.42 Å². The van der Waals surface area contributed by atoms with E-state index in [2.05, 4.69) is 60.0 Å². The fourth-order valence-corrected chi connectivity index (χ4v) is 2.64. The first-order chi connectivity index (χ1) is 11.6. The summed E-state index contributed by atoms with van der Waals surface area (Å²) in [6.07, 6.45) is 13.4. The van der Waals surface area contributed by atoms with Gasteiger partial charge in [0, 0.05) is 5.97 Å². The molecule has 0 spiro atoms. The number of nitrogens with zero attached hydrogens (tertiary/aromatic N) is 1. The number of quaternary nitrogens is 1. The molecular weight excluding hydrogens is 310 g/mol. The molecular formula is C22H39NO2. The molecule has 0 bridgehead atoms. The van der Waals surface area contributed by atoms with E-state index in [0.29, 0.717) is 6.42 Å². The van der Waals surface area contributed by atoms with Gasteiger partial charge in [-0.05, 0) is 78.7 Å². The molecule has 0 atom stereocenters. The molecule has 0 radical (unpaired) electrons. The van der Waals surface area contributed by atoms with Crippen molar-refractivity contribution in [1.29, 1.82) is 0 Å². The van der Waals surface area contributed by atoms with E-state index in [1.165, 1.54) is 16.7 Å². The zero-order valence-electron chi connectivity index (χ0n) is 17.4. The quantitative estimate of drug-likeness (QED) is 0.281. The molecule has 0 rings (SSSR count). The second-order valence-electron chi connectivity index (χ2n) is 8.13. The lowest BCUT2D eigenvalue weighted by Crippen LogP contribution is -2.40. The topological polar surface area (TPSA) is 40.1 Å². The summed E-state index contributed by atoms with van der Waals surface area (Å²) in [4.78, 5) is 10.4. The van der Waals surface area contributed by atoms with Crippen LogP contribution in [-0.4, -0.2) is 37.6 Å².